The van der Waals surface area contributed by atoms with Crippen molar-refractivity contribution in [1.29, 1.82) is 0 Å². The molecule has 4 heteroatoms. The third kappa shape index (κ3) is 4.79. The predicted octanol–water partition coefficient (Wildman–Crippen LogP) is 3.20. The third-order valence-electron chi connectivity index (χ3n) is 3.18. The second-order valence-electron chi connectivity index (χ2n) is 5.04. The van der Waals surface area contributed by atoms with E-state index in [1.54, 1.807) is 7.11 Å². The van der Waals surface area contributed by atoms with E-state index in [4.69, 9.17) is 10.5 Å². The van der Waals surface area contributed by atoms with Crippen molar-refractivity contribution in [3.05, 3.63) is 28.2 Å². The monoisotopic (exact) mass is 328 g/mol. The summed E-state index contributed by atoms with van der Waals surface area (Å²) in [4.78, 5) is 2.37. The fourth-order valence-corrected chi connectivity index (χ4v) is 2.72. The predicted molar refractivity (Wildman–Crippen MR) is 85.9 cm³/mol. The summed E-state index contributed by atoms with van der Waals surface area (Å²) in [5, 5.41) is 0. The number of benzene rings is 1. The molecule has 0 bridgehead atoms. The van der Waals surface area contributed by atoms with Gasteiger partial charge in [0.05, 0.1) is 6.61 Å². The highest BCUT2D eigenvalue weighted by Gasteiger charge is 2.17. The molecule has 0 spiro atoms. The summed E-state index contributed by atoms with van der Waals surface area (Å²) in [5.41, 5.74) is 8.50. The Morgan fingerprint density at radius 2 is 2.05 bits per heavy atom. The van der Waals surface area contributed by atoms with Gasteiger partial charge in [-0.2, -0.15) is 0 Å². The van der Waals surface area contributed by atoms with Crippen molar-refractivity contribution >= 4 is 21.6 Å². The molecular formula is C15H25BrN2O. The first-order valence-corrected chi connectivity index (χ1v) is 7.58. The molecule has 19 heavy (non-hydrogen) atoms. The van der Waals surface area contributed by atoms with Crippen LogP contribution in [0.3, 0.4) is 0 Å². The zero-order valence-corrected chi connectivity index (χ0v) is 13.9. The molecule has 0 saturated carbocycles. The lowest BCUT2D eigenvalue weighted by Gasteiger charge is -2.32. The standard InChI is InChI=1S/C15H25BrN2O/c1-5-18(12(3)10-19-4)15-9-14(16)7-6-13(15)8-11(2)17/h6-7,9,11-12H,5,8,10,17H2,1-4H3. The van der Waals surface area contributed by atoms with E-state index in [0.29, 0.717) is 6.04 Å². The second-order valence-corrected chi connectivity index (χ2v) is 5.96. The minimum Gasteiger partial charge on any atom is -0.383 e. The Bertz CT molecular complexity index is 396. The van der Waals surface area contributed by atoms with E-state index in [2.05, 4.69) is 52.9 Å². The fraction of sp³-hybridized carbons (Fsp3) is 0.600. The molecule has 2 N–H and O–H groups in total. The second kappa shape index (κ2) is 7.88. The maximum Gasteiger partial charge on any atom is 0.0663 e. The van der Waals surface area contributed by atoms with Gasteiger partial charge in [0.25, 0.3) is 0 Å². The molecule has 108 valence electrons. The van der Waals surface area contributed by atoms with Crippen molar-refractivity contribution in [3.8, 4) is 0 Å². The molecule has 3 nitrogen and oxygen atoms in total. The van der Waals surface area contributed by atoms with Crippen molar-refractivity contribution in [1.82, 2.24) is 0 Å². The van der Waals surface area contributed by atoms with Crippen molar-refractivity contribution < 1.29 is 4.74 Å². The van der Waals surface area contributed by atoms with Gasteiger partial charge in [-0.3, -0.25) is 0 Å². The van der Waals surface area contributed by atoms with Crippen LogP contribution in [-0.4, -0.2) is 32.3 Å². The number of nitrogens with two attached hydrogens (primary N) is 1. The summed E-state index contributed by atoms with van der Waals surface area (Å²) in [6.45, 7) is 8.07. The number of methoxy groups -OCH3 is 1. The molecule has 1 aromatic rings. The minimum absolute atomic E-state index is 0.163. The lowest BCUT2D eigenvalue weighted by molar-refractivity contribution is 0.182. The van der Waals surface area contributed by atoms with Crippen LogP contribution in [0.2, 0.25) is 0 Å². The molecule has 0 amide bonds. The van der Waals surface area contributed by atoms with E-state index in [9.17, 15) is 0 Å². The van der Waals surface area contributed by atoms with Crippen molar-refractivity contribution in [2.45, 2.75) is 39.3 Å². The number of likely N-dealkylation sites (N-methyl/N-ethyl adjacent to an activating group) is 1. The highest BCUT2D eigenvalue weighted by Crippen LogP contribution is 2.27. The minimum atomic E-state index is 0.163. The largest absolute Gasteiger partial charge is 0.383 e. The van der Waals surface area contributed by atoms with E-state index < -0.39 is 0 Å². The first-order chi connectivity index (χ1) is 8.99. The molecular weight excluding hydrogens is 304 g/mol. The van der Waals surface area contributed by atoms with Gasteiger partial charge < -0.3 is 15.4 Å². The molecule has 1 aromatic carbocycles. The normalized spacial score (nSPS) is 14.2. The molecule has 0 saturated heterocycles. The fourth-order valence-electron chi connectivity index (χ4n) is 2.37. The van der Waals surface area contributed by atoms with Crippen LogP contribution in [0.5, 0.6) is 0 Å². The summed E-state index contributed by atoms with van der Waals surface area (Å²) in [6.07, 6.45) is 0.888. The maximum absolute atomic E-state index is 5.95. The third-order valence-corrected chi connectivity index (χ3v) is 3.67. The molecule has 0 fully saturated rings. The van der Waals surface area contributed by atoms with Crippen LogP contribution in [0, 0.1) is 0 Å². The number of nitrogens with zero attached hydrogens (tertiary/aromatic N) is 1. The summed E-state index contributed by atoms with van der Waals surface area (Å²) in [5.74, 6) is 0. The van der Waals surface area contributed by atoms with Gasteiger partial charge in [-0.05, 0) is 44.9 Å². The quantitative estimate of drug-likeness (QED) is 0.835. The number of halogens is 1. The van der Waals surface area contributed by atoms with Crippen LogP contribution in [0.1, 0.15) is 26.3 Å². The average Bonchev–Trinajstić information content (AvgIpc) is 2.33. The Morgan fingerprint density at radius 3 is 2.58 bits per heavy atom. The van der Waals surface area contributed by atoms with Crippen LogP contribution in [-0.2, 0) is 11.2 Å². The van der Waals surface area contributed by atoms with Gasteiger partial charge in [0, 0.05) is 35.9 Å². The average molecular weight is 329 g/mol. The van der Waals surface area contributed by atoms with E-state index in [1.807, 2.05) is 6.92 Å². The van der Waals surface area contributed by atoms with Gasteiger partial charge in [-0.25, -0.2) is 0 Å². The van der Waals surface area contributed by atoms with E-state index in [-0.39, 0.29) is 6.04 Å². The van der Waals surface area contributed by atoms with Crippen LogP contribution in [0.4, 0.5) is 5.69 Å². The van der Waals surface area contributed by atoms with Crippen LogP contribution >= 0.6 is 15.9 Å². The molecule has 0 aliphatic rings. The topological polar surface area (TPSA) is 38.5 Å². The van der Waals surface area contributed by atoms with Crippen molar-refractivity contribution in [2.75, 3.05) is 25.2 Å². The van der Waals surface area contributed by atoms with Crippen LogP contribution in [0.15, 0.2) is 22.7 Å². The summed E-state index contributed by atoms with van der Waals surface area (Å²) in [6, 6.07) is 6.92. The number of hydrogen-bond acceptors (Lipinski definition) is 3. The van der Waals surface area contributed by atoms with Crippen molar-refractivity contribution in [2.24, 2.45) is 5.73 Å². The lowest BCUT2D eigenvalue weighted by Crippen LogP contribution is -2.37. The first-order valence-electron chi connectivity index (χ1n) is 6.79. The van der Waals surface area contributed by atoms with Gasteiger partial charge in [-0.15, -0.1) is 0 Å². The molecule has 0 radical (unpaired) electrons. The summed E-state index contributed by atoms with van der Waals surface area (Å²) in [7, 11) is 1.74. The Balaban J connectivity index is 3.09. The van der Waals surface area contributed by atoms with E-state index in [1.165, 1.54) is 11.3 Å². The van der Waals surface area contributed by atoms with E-state index >= 15 is 0 Å². The number of hydrogen-bond donors (Lipinski definition) is 1. The highest BCUT2D eigenvalue weighted by molar-refractivity contribution is 9.10. The Labute approximate surface area is 125 Å². The van der Waals surface area contributed by atoms with Gasteiger partial charge in [-0.1, -0.05) is 22.0 Å². The summed E-state index contributed by atoms with van der Waals surface area (Å²) < 4.78 is 6.38. The molecule has 0 aliphatic carbocycles. The van der Waals surface area contributed by atoms with E-state index in [0.717, 1.165) is 24.0 Å². The van der Waals surface area contributed by atoms with Gasteiger partial charge in [0.2, 0.25) is 0 Å². The molecule has 0 aromatic heterocycles. The summed E-state index contributed by atoms with van der Waals surface area (Å²) >= 11 is 3.56. The Morgan fingerprint density at radius 1 is 1.37 bits per heavy atom. The zero-order chi connectivity index (χ0) is 14.4. The van der Waals surface area contributed by atoms with Gasteiger partial charge in [0.1, 0.15) is 0 Å². The van der Waals surface area contributed by atoms with Crippen molar-refractivity contribution in [3.63, 3.8) is 0 Å². The van der Waals surface area contributed by atoms with Crippen LogP contribution in [0.25, 0.3) is 0 Å². The van der Waals surface area contributed by atoms with Crippen LogP contribution < -0.4 is 10.6 Å². The lowest BCUT2D eigenvalue weighted by atomic mass is 10.0. The number of anilines is 1. The first kappa shape index (κ1) is 16.5. The smallest absolute Gasteiger partial charge is 0.0663 e. The number of rotatable bonds is 7. The molecule has 2 atom stereocenters. The Hall–Kier alpha value is -0.580. The molecule has 2 unspecified atom stereocenters. The van der Waals surface area contributed by atoms with Gasteiger partial charge >= 0.3 is 0 Å². The maximum atomic E-state index is 5.95. The molecule has 1 rings (SSSR count). The number of ether oxygens (including phenoxy) is 1. The molecule has 0 heterocycles. The highest BCUT2D eigenvalue weighted by atomic mass is 79.9. The molecule has 0 aliphatic heterocycles. The Kier molecular flexibility index (Phi) is 6.83. The van der Waals surface area contributed by atoms with Gasteiger partial charge in [0.15, 0.2) is 0 Å². The zero-order valence-electron chi connectivity index (χ0n) is 12.3. The SMILES string of the molecule is CCN(c1cc(Br)ccc1CC(C)N)C(C)COC.